The second-order valence-corrected chi connectivity index (χ2v) is 20.5. The highest BCUT2D eigenvalue weighted by Gasteiger charge is 2.52. The predicted octanol–water partition coefficient (Wildman–Crippen LogP) is 6.96. The van der Waals surface area contributed by atoms with Gasteiger partial charge in [0.05, 0.1) is 32.5 Å². The van der Waals surface area contributed by atoms with Gasteiger partial charge in [0, 0.05) is 79.5 Å². The quantitative estimate of drug-likeness (QED) is 0.101. The first kappa shape index (κ1) is 41.4. The highest BCUT2D eigenvalue weighted by Crippen LogP contribution is 2.49. The van der Waals surface area contributed by atoms with Gasteiger partial charge in [-0.2, -0.15) is 5.26 Å². The molecule has 14 nitrogen and oxygen atoms in total. The van der Waals surface area contributed by atoms with Crippen molar-refractivity contribution in [2.75, 3.05) is 25.0 Å². The van der Waals surface area contributed by atoms with Crippen LogP contribution in [0.3, 0.4) is 0 Å². The molecule has 5 heterocycles. The summed E-state index contributed by atoms with van der Waals surface area (Å²) in [6.45, 7) is 6.21. The predicted molar refractivity (Wildman–Crippen MR) is 240 cm³/mol. The molecule has 2 saturated carbocycles. The van der Waals surface area contributed by atoms with E-state index in [0.29, 0.717) is 97.6 Å². The summed E-state index contributed by atoms with van der Waals surface area (Å²) in [7, 11) is -3.70. The average molecular weight is 886 g/mol. The molecule has 3 aliphatic carbocycles. The molecule has 2 amide bonds. The molecular formula is C47H48ClN9O5S. The van der Waals surface area contributed by atoms with E-state index in [1.54, 1.807) is 13.1 Å². The van der Waals surface area contributed by atoms with Crippen LogP contribution in [-0.4, -0.2) is 76.5 Å². The molecule has 2 aromatic carbocycles. The van der Waals surface area contributed by atoms with Crippen LogP contribution in [0, 0.1) is 30.1 Å². The zero-order valence-electron chi connectivity index (χ0n) is 35.1. The third-order valence-electron chi connectivity index (χ3n) is 13.9. The van der Waals surface area contributed by atoms with Crippen LogP contribution in [0.5, 0.6) is 0 Å². The maximum Gasteiger partial charge on any atom is 0.240 e. The van der Waals surface area contributed by atoms with Crippen molar-refractivity contribution in [2.24, 2.45) is 11.8 Å². The number of hydrogen-bond acceptors (Lipinski definition) is 12. The third kappa shape index (κ3) is 7.66. The number of carbonyl (C=O) groups excluding carboxylic acids is 2. The van der Waals surface area contributed by atoms with Gasteiger partial charge in [0.15, 0.2) is 11.6 Å². The summed E-state index contributed by atoms with van der Waals surface area (Å²) in [6, 6.07) is 18.5. The molecule has 3 aromatic heterocycles. The maximum absolute atomic E-state index is 13.1. The molecule has 4 N–H and O–H groups in total. The number of benzene rings is 2. The molecule has 4 fully saturated rings. The summed E-state index contributed by atoms with van der Waals surface area (Å²) in [6.07, 6.45) is 8.92. The van der Waals surface area contributed by atoms with Gasteiger partial charge in [0.2, 0.25) is 27.7 Å². The van der Waals surface area contributed by atoms with E-state index in [1.807, 2.05) is 55.6 Å². The summed E-state index contributed by atoms with van der Waals surface area (Å²) >= 11 is 7.26. The first-order valence-corrected chi connectivity index (χ1v) is 23.6. The van der Waals surface area contributed by atoms with E-state index in [0.717, 1.165) is 63.7 Å². The number of nitrogens with one attached hydrogen (secondary N) is 4. The number of sulfonamides is 1. The SMILES string of the molecule is Cc1c(Nc2nccc3cc(CNC[C@@H]4CCC(=O)N4)cnc23)cccc1-c1cccc(-c2nc3c(o2)C(C#N)=C2CC[C@@H](N4CC[C@@H](C(=O)NS(=O)(=O)C5(C)CC5)C4)C2C3)c1Cl. The Morgan fingerprint density at radius 1 is 1.08 bits per heavy atom. The molecule has 5 aliphatic rings. The lowest BCUT2D eigenvalue weighted by atomic mass is 9.84. The summed E-state index contributed by atoms with van der Waals surface area (Å²) in [5.74, 6) is 0.766. The van der Waals surface area contributed by atoms with Gasteiger partial charge in [-0.1, -0.05) is 35.9 Å². The smallest absolute Gasteiger partial charge is 0.240 e. The minimum absolute atomic E-state index is 0.0317. The molecule has 0 bridgehead atoms. The summed E-state index contributed by atoms with van der Waals surface area (Å²) < 4.78 is 33.5. The van der Waals surface area contributed by atoms with E-state index < -0.39 is 26.6 Å². The average Bonchev–Trinajstić information content (AvgIpc) is 3.73. The number of nitriles is 1. The highest BCUT2D eigenvalue weighted by molar-refractivity contribution is 7.91. The Kier molecular flexibility index (Phi) is 10.6. The molecule has 2 saturated heterocycles. The number of halogens is 1. The van der Waals surface area contributed by atoms with Gasteiger partial charge in [-0.15, -0.1) is 0 Å². The van der Waals surface area contributed by atoms with E-state index >= 15 is 0 Å². The molecule has 2 aliphatic heterocycles. The number of oxazole rings is 1. The number of rotatable bonds is 12. The van der Waals surface area contributed by atoms with Crippen LogP contribution < -0.4 is 20.7 Å². The second-order valence-electron chi connectivity index (χ2n) is 17.9. The maximum atomic E-state index is 13.1. The van der Waals surface area contributed by atoms with Gasteiger partial charge in [-0.25, -0.2) is 18.4 Å². The Bertz CT molecular complexity index is 2890. The van der Waals surface area contributed by atoms with Crippen molar-refractivity contribution < 1.29 is 22.4 Å². The molecule has 16 heteroatoms. The van der Waals surface area contributed by atoms with Crippen LogP contribution in [-0.2, 0) is 32.6 Å². The lowest BCUT2D eigenvalue weighted by molar-refractivity contribution is -0.123. The molecule has 0 spiro atoms. The van der Waals surface area contributed by atoms with Crippen LogP contribution >= 0.6 is 11.6 Å². The Labute approximate surface area is 371 Å². The van der Waals surface area contributed by atoms with Gasteiger partial charge >= 0.3 is 0 Å². The van der Waals surface area contributed by atoms with Crippen molar-refractivity contribution in [1.82, 2.24) is 35.2 Å². The van der Waals surface area contributed by atoms with Crippen LogP contribution in [0.15, 0.2) is 70.9 Å². The van der Waals surface area contributed by atoms with Gasteiger partial charge in [-0.05, 0) is 105 Å². The molecule has 63 heavy (non-hydrogen) atoms. The molecule has 4 atom stereocenters. The van der Waals surface area contributed by atoms with E-state index in [1.165, 1.54) is 0 Å². The third-order valence-corrected chi connectivity index (χ3v) is 16.4. The van der Waals surface area contributed by atoms with Crippen molar-refractivity contribution in [1.29, 1.82) is 5.26 Å². The van der Waals surface area contributed by atoms with E-state index in [9.17, 15) is 23.3 Å². The zero-order valence-corrected chi connectivity index (χ0v) is 36.7. The van der Waals surface area contributed by atoms with E-state index in [-0.39, 0.29) is 23.9 Å². The molecular weight excluding hydrogens is 838 g/mol. The van der Waals surface area contributed by atoms with Crippen LogP contribution in [0.1, 0.15) is 74.5 Å². The summed E-state index contributed by atoms with van der Waals surface area (Å²) in [5.41, 5.74) is 8.19. The Balaban J connectivity index is 0.854. The highest BCUT2D eigenvalue weighted by atomic mass is 35.5. The Hall–Kier alpha value is -5.66. The van der Waals surface area contributed by atoms with Crippen molar-refractivity contribution in [3.8, 4) is 28.7 Å². The van der Waals surface area contributed by atoms with Crippen LogP contribution in [0.25, 0.3) is 39.1 Å². The number of hydrogen-bond donors (Lipinski definition) is 4. The lowest BCUT2D eigenvalue weighted by Crippen LogP contribution is -2.43. The molecule has 1 unspecified atom stereocenters. The number of likely N-dealkylation sites (tertiary alicyclic amines) is 1. The number of pyridine rings is 2. The van der Waals surface area contributed by atoms with Gasteiger partial charge in [-0.3, -0.25) is 24.2 Å². The number of anilines is 2. The van der Waals surface area contributed by atoms with Crippen molar-refractivity contribution >= 4 is 61.4 Å². The summed E-state index contributed by atoms with van der Waals surface area (Å²) in [5, 5.41) is 21.9. The standard InChI is InChI=1S/C47H48ClN9O5S/c1-26-31(5-4-8-37(26)54-44-42-28(13-17-51-44)19-27(23-52-42)22-50-24-30-9-12-40(58)53-30)33-6-3-7-34(41(33)48)46-55-38-20-35-32(36(21-49)43(38)62-46)10-11-39(35)57-18-14-29(25-57)45(59)56-63(60,61)47(2)15-16-47/h3-8,13,17,19,23,29-30,35,39,50H,9-12,14-16,18,20,22,24-25H2,1-2H3,(H,51,54)(H,53,58)(H,56,59)/t29-,30+,35?,39-/m1/s1. The lowest BCUT2D eigenvalue weighted by Gasteiger charge is -2.31. The van der Waals surface area contributed by atoms with Crippen LogP contribution in [0.2, 0.25) is 5.02 Å². The fraction of sp³-hybridized carbons (Fsp3) is 0.404. The number of nitrogens with zero attached hydrogens (tertiary/aromatic N) is 5. The van der Waals surface area contributed by atoms with E-state index in [2.05, 4.69) is 42.7 Å². The molecule has 10 rings (SSSR count). The number of amides is 2. The number of carbonyl (C=O) groups is 2. The monoisotopic (exact) mass is 885 g/mol. The van der Waals surface area contributed by atoms with E-state index in [4.69, 9.17) is 26.0 Å². The first-order valence-electron chi connectivity index (χ1n) is 21.7. The largest absolute Gasteiger partial charge is 0.435 e. The van der Waals surface area contributed by atoms with Crippen LogP contribution in [0.4, 0.5) is 11.5 Å². The van der Waals surface area contributed by atoms with Crippen molar-refractivity contribution in [2.45, 2.75) is 88.6 Å². The second kappa shape index (κ2) is 16.2. The molecule has 324 valence electrons. The molecule has 5 aromatic rings. The van der Waals surface area contributed by atoms with Gasteiger partial charge in [0.25, 0.3) is 0 Å². The fourth-order valence-corrected chi connectivity index (χ4v) is 11.5. The fourth-order valence-electron chi connectivity index (χ4n) is 9.90. The van der Waals surface area contributed by atoms with Crippen molar-refractivity contribution in [3.63, 3.8) is 0 Å². The number of fused-ring (bicyclic) bond motifs is 3. The summed E-state index contributed by atoms with van der Waals surface area (Å²) in [4.78, 5) is 41.4. The number of allylic oxidation sites excluding steroid dienone is 1. The van der Waals surface area contributed by atoms with Gasteiger partial charge in [0.1, 0.15) is 11.6 Å². The van der Waals surface area contributed by atoms with Crippen molar-refractivity contribution in [3.05, 3.63) is 94.1 Å². The topological polar surface area (TPSA) is 195 Å². The van der Waals surface area contributed by atoms with Gasteiger partial charge < -0.3 is 20.4 Å². The Morgan fingerprint density at radius 2 is 1.89 bits per heavy atom. The minimum atomic E-state index is -3.70. The first-order chi connectivity index (χ1) is 30.4. The Morgan fingerprint density at radius 3 is 2.68 bits per heavy atom. The minimum Gasteiger partial charge on any atom is -0.435 e. The zero-order chi connectivity index (χ0) is 43.6. The molecule has 0 radical (unpaired) electrons. The number of aromatic nitrogens is 3. The normalized spacial score (nSPS) is 22.7.